The van der Waals surface area contributed by atoms with Crippen molar-refractivity contribution in [1.29, 1.82) is 0 Å². The Hall–Kier alpha value is -3.27. The molecule has 0 aliphatic heterocycles. The average molecular weight is 438 g/mol. The average Bonchev–Trinajstić information content (AvgIpc) is 3.16. The van der Waals surface area contributed by atoms with Gasteiger partial charge in [-0.1, -0.05) is 30.3 Å². The predicted molar refractivity (Wildman–Crippen MR) is 105 cm³/mol. The molecule has 3 rings (SSSR count). The number of sulfonamides is 1. The highest BCUT2D eigenvalue weighted by molar-refractivity contribution is 7.92. The summed E-state index contributed by atoms with van der Waals surface area (Å²) in [5.74, 6) is -0.566. The second-order valence-corrected chi connectivity index (χ2v) is 8.20. The number of alkyl halides is 3. The number of furan rings is 1. The number of para-hydroxylation sites is 1. The monoisotopic (exact) mass is 438 g/mol. The van der Waals surface area contributed by atoms with Gasteiger partial charge in [0.2, 0.25) is 10.0 Å². The Morgan fingerprint density at radius 1 is 1.03 bits per heavy atom. The summed E-state index contributed by atoms with van der Waals surface area (Å²) in [6.45, 7) is 0.0110. The van der Waals surface area contributed by atoms with Gasteiger partial charge in [-0.3, -0.25) is 9.52 Å². The maximum Gasteiger partial charge on any atom is 0.416 e. The van der Waals surface area contributed by atoms with Crippen LogP contribution in [0.2, 0.25) is 0 Å². The van der Waals surface area contributed by atoms with Crippen LogP contribution in [0.25, 0.3) is 11.3 Å². The highest BCUT2D eigenvalue weighted by Crippen LogP contribution is 2.32. The third-order valence-electron chi connectivity index (χ3n) is 4.06. The molecule has 30 heavy (non-hydrogen) atoms. The summed E-state index contributed by atoms with van der Waals surface area (Å²) < 4.78 is 69.3. The molecule has 158 valence electrons. The van der Waals surface area contributed by atoms with Crippen LogP contribution in [0, 0.1) is 0 Å². The molecule has 1 heterocycles. The van der Waals surface area contributed by atoms with Crippen molar-refractivity contribution in [2.24, 2.45) is 0 Å². The lowest BCUT2D eigenvalue weighted by Gasteiger charge is -2.11. The predicted octanol–water partition coefficient (Wildman–Crippen LogP) is 4.27. The molecule has 6 nitrogen and oxygen atoms in total. The van der Waals surface area contributed by atoms with Crippen LogP contribution < -0.4 is 10.0 Å². The fourth-order valence-electron chi connectivity index (χ4n) is 2.70. The molecule has 0 saturated carbocycles. The van der Waals surface area contributed by atoms with E-state index < -0.39 is 27.7 Å². The van der Waals surface area contributed by atoms with Gasteiger partial charge < -0.3 is 9.73 Å². The van der Waals surface area contributed by atoms with E-state index in [1.165, 1.54) is 24.3 Å². The smallest absolute Gasteiger partial charge is 0.416 e. The highest BCUT2D eigenvalue weighted by atomic mass is 32.2. The van der Waals surface area contributed by atoms with Gasteiger partial charge in [0.05, 0.1) is 17.5 Å². The Morgan fingerprint density at radius 3 is 2.47 bits per heavy atom. The van der Waals surface area contributed by atoms with Gasteiger partial charge >= 0.3 is 6.18 Å². The Morgan fingerprint density at radius 2 is 1.77 bits per heavy atom. The summed E-state index contributed by atoms with van der Waals surface area (Å²) in [6, 6.07) is 13.9. The first-order valence-electron chi connectivity index (χ1n) is 8.64. The van der Waals surface area contributed by atoms with Gasteiger partial charge in [-0.05, 0) is 35.9 Å². The molecule has 0 unspecified atom stereocenters. The molecule has 1 aromatic heterocycles. The van der Waals surface area contributed by atoms with Crippen LogP contribution in [0.3, 0.4) is 0 Å². The molecule has 2 N–H and O–H groups in total. The zero-order valence-electron chi connectivity index (χ0n) is 15.7. The molecular weight excluding hydrogens is 421 g/mol. The van der Waals surface area contributed by atoms with Gasteiger partial charge in [0.25, 0.3) is 5.91 Å². The topological polar surface area (TPSA) is 88.4 Å². The first-order valence-corrected chi connectivity index (χ1v) is 10.5. The number of halogens is 3. The van der Waals surface area contributed by atoms with Gasteiger partial charge in [-0.25, -0.2) is 8.42 Å². The molecule has 0 atom stereocenters. The van der Waals surface area contributed by atoms with E-state index in [0.717, 1.165) is 18.4 Å². The van der Waals surface area contributed by atoms with Crippen LogP contribution >= 0.6 is 0 Å². The molecule has 0 radical (unpaired) electrons. The molecule has 0 fully saturated rings. The number of hydrogen-bond acceptors (Lipinski definition) is 4. The summed E-state index contributed by atoms with van der Waals surface area (Å²) in [7, 11) is -3.49. The summed E-state index contributed by atoms with van der Waals surface area (Å²) in [5.41, 5.74) is 0.217. The second kappa shape index (κ2) is 8.23. The van der Waals surface area contributed by atoms with E-state index in [0.29, 0.717) is 11.3 Å². The van der Waals surface area contributed by atoms with Crippen molar-refractivity contribution in [3.05, 3.63) is 77.6 Å². The molecular formula is C20H17F3N2O4S. The number of hydrogen-bond donors (Lipinski definition) is 2. The van der Waals surface area contributed by atoms with E-state index in [-0.39, 0.29) is 23.6 Å². The normalized spacial score (nSPS) is 11.9. The third kappa shape index (κ3) is 5.41. The van der Waals surface area contributed by atoms with Crippen molar-refractivity contribution >= 4 is 21.6 Å². The third-order valence-corrected chi connectivity index (χ3v) is 4.65. The van der Waals surface area contributed by atoms with Crippen molar-refractivity contribution in [3.8, 4) is 11.3 Å². The largest absolute Gasteiger partial charge is 0.451 e. The quantitative estimate of drug-likeness (QED) is 0.602. The van der Waals surface area contributed by atoms with Crippen molar-refractivity contribution in [3.63, 3.8) is 0 Å². The molecule has 0 spiro atoms. The van der Waals surface area contributed by atoms with Crippen molar-refractivity contribution in [2.75, 3.05) is 11.0 Å². The summed E-state index contributed by atoms with van der Waals surface area (Å²) in [5, 5.41) is 2.59. The standard InChI is InChI=1S/C20H17F3N2O4S/c1-30(27,28)25-16-8-3-2-5-14(16)12-24-19(26)18-10-9-17(29-18)13-6-4-7-15(11-13)20(21,22)23/h2-11,25H,12H2,1H3,(H,24,26). The molecule has 0 aliphatic rings. The van der Waals surface area contributed by atoms with E-state index in [1.54, 1.807) is 24.3 Å². The Balaban J connectivity index is 1.73. The van der Waals surface area contributed by atoms with Crippen LogP contribution in [0.4, 0.5) is 18.9 Å². The Labute approximate surface area is 170 Å². The van der Waals surface area contributed by atoms with Crippen LogP contribution in [-0.4, -0.2) is 20.6 Å². The fourth-order valence-corrected chi connectivity index (χ4v) is 3.30. The van der Waals surface area contributed by atoms with E-state index in [4.69, 9.17) is 4.42 Å². The number of anilines is 1. The molecule has 1 amide bonds. The van der Waals surface area contributed by atoms with Crippen molar-refractivity contribution in [2.45, 2.75) is 12.7 Å². The summed E-state index contributed by atoms with van der Waals surface area (Å²) in [6.07, 6.45) is -3.48. The Bertz CT molecular complexity index is 1170. The maximum atomic E-state index is 12.9. The lowest BCUT2D eigenvalue weighted by Crippen LogP contribution is -2.23. The van der Waals surface area contributed by atoms with Crippen LogP contribution in [0.15, 0.2) is 65.1 Å². The van der Waals surface area contributed by atoms with Crippen molar-refractivity contribution in [1.82, 2.24) is 5.32 Å². The van der Waals surface area contributed by atoms with E-state index in [1.807, 2.05) is 0 Å². The van der Waals surface area contributed by atoms with Crippen LogP contribution in [0.1, 0.15) is 21.7 Å². The number of nitrogens with one attached hydrogen (secondary N) is 2. The SMILES string of the molecule is CS(=O)(=O)Nc1ccccc1CNC(=O)c1ccc(-c2cccc(C(F)(F)F)c2)o1. The Kier molecular flexibility index (Phi) is 5.88. The number of benzene rings is 2. The van der Waals surface area contributed by atoms with Gasteiger partial charge in [-0.15, -0.1) is 0 Å². The molecule has 3 aromatic rings. The zero-order valence-corrected chi connectivity index (χ0v) is 16.5. The second-order valence-electron chi connectivity index (χ2n) is 6.46. The fraction of sp³-hybridized carbons (Fsp3) is 0.150. The van der Waals surface area contributed by atoms with E-state index in [2.05, 4.69) is 10.0 Å². The molecule has 2 aromatic carbocycles. The summed E-state index contributed by atoms with van der Waals surface area (Å²) >= 11 is 0. The minimum Gasteiger partial charge on any atom is -0.451 e. The maximum absolute atomic E-state index is 12.9. The summed E-state index contributed by atoms with van der Waals surface area (Å²) in [4.78, 5) is 12.4. The highest BCUT2D eigenvalue weighted by Gasteiger charge is 2.30. The minimum absolute atomic E-state index is 0.0110. The number of rotatable bonds is 6. The zero-order chi connectivity index (χ0) is 21.9. The van der Waals surface area contributed by atoms with Crippen LogP contribution in [-0.2, 0) is 22.7 Å². The molecule has 0 bridgehead atoms. The van der Waals surface area contributed by atoms with Crippen molar-refractivity contribution < 1.29 is 30.8 Å². The molecule has 0 aliphatic carbocycles. The molecule has 10 heteroatoms. The van der Waals surface area contributed by atoms with E-state index in [9.17, 15) is 26.4 Å². The number of amides is 1. The van der Waals surface area contributed by atoms with E-state index >= 15 is 0 Å². The molecule has 0 saturated heterocycles. The first kappa shape index (κ1) is 21.4. The lowest BCUT2D eigenvalue weighted by atomic mass is 10.1. The first-order chi connectivity index (χ1) is 14.0. The van der Waals surface area contributed by atoms with Gasteiger partial charge in [0, 0.05) is 12.1 Å². The lowest BCUT2D eigenvalue weighted by molar-refractivity contribution is -0.137. The van der Waals surface area contributed by atoms with Gasteiger partial charge in [-0.2, -0.15) is 13.2 Å². The van der Waals surface area contributed by atoms with Gasteiger partial charge in [0.1, 0.15) is 5.76 Å². The van der Waals surface area contributed by atoms with Gasteiger partial charge in [0.15, 0.2) is 5.76 Å². The number of carbonyl (C=O) groups is 1. The van der Waals surface area contributed by atoms with Crippen LogP contribution in [0.5, 0.6) is 0 Å². The minimum atomic E-state index is -4.49. The number of carbonyl (C=O) groups excluding carboxylic acids is 1.